The molecule has 21 heavy (non-hydrogen) atoms. The lowest BCUT2D eigenvalue weighted by Gasteiger charge is -2.18. The van der Waals surface area contributed by atoms with E-state index in [1.807, 2.05) is 0 Å². The molecular weight excluding hydrogens is 278 g/mol. The molecule has 8 heteroatoms. The van der Waals surface area contributed by atoms with Crippen molar-refractivity contribution in [3.63, 3.8) is 0 Å². The van der Waals surface area contributed by atoms with Crippen molar-refractivity contribution < 1.29 is 19.2 Å². The van der Waals surface area contributed by atoms with Gasteiger partial charge in [0.25, 0.3) is 5.69 Å². The molecular formula is C13H15N3O5. The van der Waals surface area contributed by atoms with Crippen molar-refractivity contribution in [3.05, 3.63) is 33.9 Å². The fraction of sp³-hybridized carbons (Fsp3) is 0.385. The Balaban J connectivity index is 2.38. The summed E-state index contributed by atoms with van der Waals surface area (Å²) in [6, 6.07) is 4.02. The molecule has 1 fully saturated rings. The van der Waals surface area contributed by atoms with Gasteiger partial charge in [-0.15, -0.1) is 0 Å². The van der Waals surface area contributed by atoms with Crippen LogP contribution in [0.15, 0.2) is 18.2 Å². The highest BCUT2D eigenvalue weighted by Crippen LogP contribution is 2.33. The lowest BCUT2D eigenvalue weighted by molar-refractivity contribution is -0.384. The highest BCUT2D eigenvalue weighted by molar-refractivity contribution is 5.91. The number of hydrogen-bond acceptors (Lipinski definition) is 6. The van der Waals surface area contributed by atoms with Gasteiger partial charge in [0.05, 0.1) is 23.5 Å². The van der Waals surface area contributed by atoms with Crippen molar-refractivity contribution >= 4 is 23.3 Å². The first-order chi connectivity index (χ1) is 9.93. The molecule has 0 aliphatic carbocycles. The van der Waals surface area contributed by atoms with Crippen LogP contribution in [0.25, 0.3) is 0 Å². The number of esters is 1. The molecule has 1 aromatic rings. The highest BCUT2D eigenvalue weighted by Gasteiger charge is 2.31. The van der Waals surface area contributed by atoms with Crippen molar-refractivity contribution in [2.24, 2.45) is 11.7 Å². The number of methoxy groups -OCH3 is 1. The minimum Gasteiger partial charge on any atom is -0.465 e. The molecule has 112 valence electrons. The van der Waals surface area contributed by atoms with Gasteiger partial charge >= 0.3 is 5.97 Å². The fourth-order valence-corrected chi connectivity index (χ4v) is 2.39. The predicted octanol–water partition coefficient (Wildman–Crippen LogP) is 0.693. The summed E-state index contributed by atoms with van der Waals surface area (Å²) in [5, 5.41) is 11.1. The van der Waals surface area contributed by atoms with E-state index in [4.69, 9.17) is 5.73 Å². The second-order valence-corrected chi connectivity index (χ2v) is 4.79. The Labute approximate surface area is 120 Å². The van der Waals surface area contributed by atoms with Gasteiger partial charge in [-0.3, -0.25) is 14.9 Å². The van der Waals surface area contributed by atoms with Crippen LogP contribution in [-0.2, 0) is 9.53 Å². The summed E-state index contributed by atoms with van der Waals surface area (Å²) in [6.07, 6.45) is 0.537. The third-order valence-corrected chi connectivity index (χ3v) is 3.52. The second kappa shape index (κ2) is 5.78. The Morgan fingerprint density at radius 3 is 2.71 bits per heavy atom. The number of nitro benzene ring substituents is 1. The van der Waals surface area contributed by atoms with Gasteiger partial charge in [0.1, 0.15) is 5.69 Å². The normalized spacial score (nSPS) is 17.6. The highest BCUT2D eigenvalue weighted by atomic mass is 16.6. The molecule has 0 bridgehead atoms. The van der Waals surface area contributed by atoms with E-state index in [0.29, 0.717) is 25.2 Å². The number of anilines is 1. The van der Waals surface area contributed by atoms with Crippen molar-refractivity contribution in [1.29, 1.82) is 0 Å². The van der Waals surface area contributed by atoms with Gasteiger partial charge in [-0.1, -0.05) is 0 Å². The van der Waals surface area contributed by atoms with E-state index < -0.39 is 16.8 Å². The third kappa shape index (κ3) is 2.93. The van der Waals surface area contributed by atoms with E-state index in [2.05, 4.69) is 4.74 Å². The first-order valence-corrected chi connectivity index (χ1v) is 6.35. The van der Waals surface area contributed by atoms with Crippen LogP contribution in [0.4, 0.5) is 11.4 Å². The number of nitrogens with zero attached hydrogens (tertiary/aromatic N) is 2. The second-order valence-electron chi connectivity index (χ2n) is 4.79. The molecule has 1 aliphatic heterocycles. The number of nitrogens with two attached hydrogens (primary N) is 1. The molecule has 1 atom stereocenters. The third-order valence-electron chi connectivity index (χ3n) is 3.52. The molecule has 0 saturated carbocycles. The number of benzene rings is 1. The van der Waals surface area contributed by atoms with Gasteiger partial charge in [0, 0.05) is 19.2 Å². The van der Waals surface area contributed by atoms with Crippen LogP contribution in [0.3, 0.4) is 0 Å². The van der Waals surface area contributed by atoms with Crippen molar-refractivity contribution in [3.8, 4) is 0 Å². The number of amides is 1. The lowest BCUT2D eigenvalue weighted by atomic mass is 10.1. The summed E-state index contributed by atoms with van der Waals surface area (Å²) < 4.78 is 4.61. The van der Waals surface area contributed by atoms with Crippen LogP contribution >= 0.6 is 0 Å². The number of carbonyl (C=O) groups is 2. The Hall–Kier alpha value is -2.64. The lowest BCUT2D eigenvalue weighted by Crippen LogP contribution is -2.27. The van der Waals surface area contributed by atoms with Gasteiger partial charge in [-0.2, -0.15) is 0 Å². The maximum absolute atomic E-state index is 11.5. The zero-order valence-electron chi connectivity index (χ0n) is 11.4. The number of nitro groups is 1. The molecule has 1 unspecified atom stereocenters. The zero-order valence-corrected chi connectivity index (χ0v) is 11.4. The monoisotopic (exact) mass is 293 g/mol. The molecule has 8 nitrogen and oxygen atoms in total. The fourth-order valence-electron chi connectivity index (χ4n) is 2.39. The number of carbonyl (C=O) groups excluding carboxylic acids is 2. The van der Waals surface area contributed by atoms with Gasteiger partial charge < -0.3 is 15.4 Å². The predicted molar refractivity (Wildman–Crippen MR) is 74.0 cm³/mol. The van der Waals surface area contributed by atoms with Crippen LogP contribution in [0.2, 0.25) is 0 Å². The van der Waals surface area contributed by atoms with Crippen LogP contribution in [-0.4, -0.2) is 37.0 Å². The van der Waals surface area contributed by atoms with E-state index in [-0.39, 0.29) is 17.2 Å². The molecule has 1 amide bonds. The first kappa shape index (κ1) is 14.8. The number of primary amides is 1. The summed E-state index contributed by atoms with van der Waals surface area (Å²) in [7, 11) is 1.24. The summed E-state index contributed by atoms with van der Waals surface area (Å²) in [6.45, 7) is 0.778. The van der Waals surface area contributed by atoms with Crippen LogP contribution in [0, 0.1) is 16.0 Å². The van der Waals surface area contributed by atoms with E-state index in [1.54, 1.807) is 4.90 Å². The zero-order chi connectivity index (χ0) is 15.6. The quantitative estimate of drug-likeness (QED) is 0.496. The molecule has 1 saturated heterocycles. The average molecular weight is 293 g/mol. The number of rotatable bonds is 4. The molecule has 0 aromatic heterocycles. The maximum atomic E-state index is 11.5. The van der Waals surface area contributed by atoms with Crippen LogP contribution in [0.5, 0.6) is 0 Å². The van der Waals surface area contributed by atoms with Crippen molar-refractivity contribution in [2.75, 3.05) is 25.1 Å². The van der Waals surface area contributed by atoms with Gasteiger partial charge in [-0.25, -0.2) is 4.79 Å². The standard InChI is InChI=1S/C13H15N3O5/c1-21-13(18)8-2-3-10(16(19)20)11(6-8)15-5-4-9(7-15)12(14)17/h2-3,6,9H,4-5,7H2,1H3,(H2,14,17). The Kier molecular flexibility index (Phi) is 4.06. The Morgan fingerprint density at radius 2 is 2.19 bits per heavy atom. The minimum atomic E-state index is -0.572. The van der Waals surface area contributed by atoms with E-state index in [0.717, 1.165) is 0 Å². The van der Waals surface area contributed by atoms with Gasteiger partial charge in [0.2, 0.25) is 5.91 Å². The van der Waals surface area contributed by atoms with Crippen LogP contribution < -0.4 is 10.6 Å². The minimum absolute atomic E-state index is 0.118. The maximum Gasteiger partial charge on any atom is 0.337 e. The summed E-state index contributed by atoms with van der Waals surface area (Å²) >= 11 is 0. The average Bonchev–Trinajstić information content (AvgIpc) is 2.95. The summed E-state index contributed by atoms with van der Waals surface area (Å²) in [5.74, 6) is -1.34. The molecule has 1 aliphatic rings. The van der Waals surface area contributed by atoms with Crippen LogP contribution in [0.1, 0.15) is 16.8 Å². The Bertz CT molecular complexity index is 601. The molecule has 0 radical (unpaired) electrons. The summed E-state index contributed by atoms with van der Waals surface area (Å²) in [4.78, 5) is 35.0. The Morgan fingerprint density at radius 1 is 1.48 bits per heavy atom. The number of ether oxygens (including phenoxy) is 1. The largest absolute Gasteiger partial charge is 0.465 e. The molecule has 1 aromatic carbocycles. The SMILES string of the molecule is COC(=O)c1ccc([N+](=O)[O-])c(N2CCC(C(N)=O)C2)c1. The topological polar surface area (TPSA) is 116 Å². The molecule has 2 N–H and O–H groups in total. The number of hydrogen-bond donors (Lipinski definition) is 1. The van der Waals surface area contributed by atoms with E-state index in [1.165, 1.54) is 25.3 Å². The molecule has 2 rings (SSSR count). The van der Waals surface area contributed by atoms with Gasteiger partial charge in [0.15, 0.2) is 0 Å². The molecule has 0 spiro atoms. The van der Waals surface area contributed by atoms with Crippen molar-refractivity contribution in [1.82, 2.24) is 0 Å². The van der Waals surface area contributed by atoms with E-state index >= 15 is 0 Å². The smallest absolute Gasteiger partial charge is 0.337 e. The van der Waals surface area contributed by atoms with E-state index in [9.17, 15) is 19.7 Å². The first-order valence-electron chi connectivity index (χ1n) is 6.35. The van der Waals surface area contributed by atoms with Crippen molar-refractivity contribution in [2.45, 2.75) is 6.42 Å². The summed E-state index contributed by atoms with van der Waals surface area (Å²) in [5.41, 5.74) is 5.66. The molecule has 1 heterocycles. The van der Waals surface area contributed by atoms with Gasteiger partial charge in [-0.05, 0) is 18.6 Å².